The molecule has 1 N–H and O–H groups in total. The van der Waals surface area contributed by atoms with Crippen molar-refractivity contribution in [2.75, 3.05) is 0 Å². The van der Waals surface area contributed by atoms with Gasteiger partial charge in [0.15, 0.2) is 0 Å². The molecule has 2 aromatic carbocycles. The van der Waals surface area contributed by atoms with Gasteiger partial charge in [-0.2, -0.15) is 10.2 Å². The predicted octanol–water partition coefficient (Wildman–Crippen LogP) is 4.19. The lowest BCUT2D eigenvalue weighted by atomic mass is 10.1. The number of hydrogen-bond acceptors (Lipinski definition) is 3. The molecular formula is C21H18N4O. The molecule has 0 amide bonds. The highest BCUT2D eigenvalue weighted by atomic mass is 16.5. The van der Waals surface area contributed by atoms with Crippen molar-refractivity contribution in [1.82, 2.24) is 20.0 Å². The van der Waals surface area contributed by atoms with Crippen LogP contribution in [0.15, 0.2) is 60.7 Å². The molecule has 128 valence electrons. The van der Waals surface area contributed by atoms with Gasteiger partial charge in [0, 0.05) is 16.7 Å². The topological polar surface area (TPSA) is 55.7 Å². The Kier molecular flexibility index (Phi) is 3.38. The number of H-pyrrole nitrogens is 1. The summed E-state index contributed by atoms with van der Waals surface area (Å²) in [4.78, 5) is 0. The van der Waals surface area contributed by atoms with Gasteiger partial charge in [0.05, 0.1) is 29.3 Å². The second kappa shape index (κ2) is 5.88. The summed E-state index contributed by atoms with van der Waals surface area (Å²) in [6.45, 7) is 3.20. The Morgan fingerprint density at radius 1 is 1.00 bits per heavy atom. The van der Waals surface area contributed by atoms with Gasteiger partial charge in [0.1, 0.15) is 12.4 Å². The lowest BCUT2D eigenvalue weighted by Gasteiger charge is -2.08. The number of ether oxygens (including phenoxy) is 1. The van der Waals surface area contributed by atoms with Gasteiger partial charge in [0.2, 0.25) is 0 Å². The zero-order valence-electron chi connectivity index (χ0n) is 14.4. The Bertz CT molecular complexity index is 1080. The van der Waals surface area contributed by atoms with E-state index in [2.05, 4.69) is 46.6 Å². The lowest BCUT2D eigenvalue weighted by molar-refractivity contribution is 0.302. The zero-order chi connectivity index (χ0) is 17.5. The molecule has 0 radical (unpaired) electrons. The molecule has 0 bridgehead atoms. The smallest absolute Gasteiger partial charge is 0.130 e. The fourth-order valence-corrected chi connectivity index (χ4v) is 3.33. The average molecular weight is 342 g/mol. The minimum Gasteiger partial charge on any atom is -0.487 e. The summed E-state index contributed by atoms with van der Waals surface area (Å²) < 4.78 is 8.13. The molecule has 5 heteroatoms. The van der Waals surface area contributed by atoms with Crippen molar-refractivity contribution in [2.45, 2.75) is 20.1 Å². The molecule has 1 aliphatic heterocycles. The first-order chi connectivity index (χ1) is 12.8. The summed E-state index contributed by atoms with van der Waals surface area (Å²) in [5.41, 5.74) is 7.38. The van der Waals surface area contributed by atoms with E-state index in [-0.39, 0.29) is 0 Å². The first-order valence-corrected chi connectivity index (χ1v) is 8.66. The van der Waals surface area contributed by atoms with Crippen LogP contribution in [-0.2, 0) is 13.2 Å². The van der Waals surface area contributed by atoms with Crippen LogP contribution in [-0.4, -0.2) is 20.0 Å². The van der Waals surface area contributed by atoms with Crippen LogP contribution >= 0.6 is 0 Å². The molecule has 1 aliphatic rings. The van der Waals surface area contributed by atoms with Gasteiger partial charge >= 0.3 is 0 Å². The monoisotopic (exact) mass is 342 g/mol. The summed E-state index contributed by atoms with van der Waals surface area (Å²) in [5.74, 6) is 0.904. The standard InChI is InChI=1S/C21H18N4O/c1-14-9-19(23-22-14)16-7-8-17-12-25-18(13-26-21(17)10-16)11-20(24-25)15-5-3-2-4-6-15/h2-11H,12-13H2,1H3,(H,22,23). The zero-order valence-corrected chi connectivity index (χ0v) is 14.4. The third-order valence-corrected chi connectivity index (χ3v) is 4.71. The molecule has 4 aromatic rings. The third-order valence-electron chi connectivity index (χ3n) is 4.71. The van der Waals surface area contributed by atoms with Gasteiger partial charge in [-0.05, 0) is 25.1 Å². The number of aromatic amines is 1. The normalized spacial score (nSPS) is 12.8. The molecular weight excluding hydrogens is 324 g/mol. The number of nitrogens with one attached hydrogen (secondary N) is 1. The number of benzene rings is 2. The molecule has 3 heterocycles. The van der Waals surface area contributed by atoms with E-state index in [1.54, 1.807) is 0 Å². The van der Waals surface area contributed by atoms with Crippen LogP contribution < -0.4 is 4.74 Å². The molecule has 5 nitrogen and oxygen atoms in total. The molecule has 0 aliphatic carbocycles. The second-order valence-electron chi connectivity index (χ2n) is 6.58. The van der Waals surface area contributed by atoms with Crippen LogP contribution in [0.5, 0.6) is 5.75 Å². The maximum absolute atomic E-state index is 6.10. The number of aromatic nitrogens is 4. The largest absolute Gasteiger partial charge is 0.487 e. The highest BCUT2D eigenvalue weighted by molar-refractivity contribution is 5.63. The van der Waals surface area contributed by atoms with E-state index in [9.17, 15) is 0 Å². The predicted molar refractivity (Wildman–Crippen MR) is 99.9 cm³/mol. The van der Waals surface area contributed by atoms with Crippen LogP contribution in [0.4, 0.5) is 0 Å². The Hall–Kier alpha value is -3.34. The molecule has 0 saturated carbocycles. The van der Waals surface area contributed by atoms with Gasteiger partial charge in [-0.1, -0.05) is 42.5 Å². The van der Waals surface area contributed by atoms with E-state index < -0.39 is 0 Å². The van der Waals surface area contributed by atoms with Crippen molar-refractivity contribution < 1.29 is 4.74 Å². The van der Waals surface area contributed by atoms with Crippen molar-refractivity contribution in [1.29, 1.82) is 0 Å². The summed E-state index contributed by atoms with van der Waals surface area (Å²) in [6, 6.07) is 20.7. The number of aryl methyl sites for hydroxylation is 1. The van der Waals surface area contributed by atoms with Gasteiger partial charge < -0.3 is 4.74 Å². The van der Waals surface area contributed by atoms with E-state index in [0.717, 1.165) is 45.2 Å². The number of rotatable bonds is 2. The van der Waals surface area contributed by atoms with Crippen molar-refractivity contribution in [3.05, 3.63) is 77.6 Å². The van der Waals surface area contributed by atoms with Crippen molar-refractivity contribution in [3.8, 4) is 28.3 Å². The molecule has 2 aromatic heterocycles. The van der Waals surface area contributed by atoms with Crippen LogP contribution in [0.2, 0.25) is 0 Å². The molecule has 26 heavy (non-hydrogen) atoms. The van der Waals surface area contributed by atoms with E-state index in [1.807, 2.05) is 35.9 Å². The van der Waals surface area contributed by atoms with Gasteiger partial charge in [0.25, 0.3) is 0 Å². The molecule has 0 spiro atoms. The van der Waals surface area contributed by atoms with Crippen LogP contribution in [0, 0.1) is 6.92 Å². The quantitative estimate of drug-likeness (QED) is 0.594. The molecule has 0 unspecified atom stereocenters. The first kappa shape index (κ1) is 15.0. The van der Waals surface area contributed by atoms with Crippen molar-refractivity contribution in [2.24, 2.45) is 0 Å². The molecule has 0 atom stereocenters. The molecule has 0 fully saturated rings. The molecule has 5 rings (SSSR count). The number of hydrogen-bond donors (Lipinski definition) is 1. The average Bonchev–Trinajstić information content (AvgIpc) is 3.24. The summed E-state index contributed by atoms with van der Waals surface area (Å²) in [7, 11) is 0. The Morgan fingerprint density at radius 2 is 1.88 bits per heavy atom. The summed E-state index contributed by atoms with van der Waals surface area (Å²) in [5, 5.41) is 12.0. The minimum atomic E-state index is 0.512. The van der Waals surface area contributed by atoms with Gasteiger partial charge in [-0.15, -0.1) is 0 Å². The minimum absolute atomic E-state index is 0.512. The van der Waals surface area contributed by atoms with Crippen LogP contribution in [0.25, 0.3) is 22.5 Å². The van der Waals surface area contributed by atoms with Crippen molar-refractivity contribution >= 4 is 0 Å². The van der Waals surface area contributed by atoms with Crippen LogP contribution in [0.1, 0.15) is 17.0 Å². The van der Waals surface area contributed by atoms with E-state index >= 15 is 0 Å². The molecule has 0 saturated heterocycles. The summed E-state index contributed by atoms with van der Waals surface area (Å²) >= 11 is 0. The van der Waals surface area contributed by atoms with E-state index in [4.69, 9.17) is 9.84 Å². The highest BCUT2D eigenvalue weighted by Crippen LogP contribution is 2.31. The highest BCUT2D eigenvalue weighted by Gasteiger charge is 2.18. The third kappa shape index (κ3) is 2.58. The lowest BCUT2D eigenvalue weighted by Crippen LogP contribution is -2.03. The van der Waals surface area contributed by atoms with E-state index in [0.29, 0.717) is 13.2 Å². The Labute approximate surface area is 151 Å². The maximum Gasteiger partial charge on any atom is 0.130 e. The van der Waals surface area contributed by atoms with E-state index in [1.165, 1.54) is 0 Å². The fraction of sp³-hybridized carbons (Fsp3) is 0.143. The van der Waals surface area contributed by atoms with Crippen molar-refractivity contribution in [3.63, 3.8) is 0 Å². The van der Waals surface area contributed by atoms with Crippen LogP contribution in [0.3, 0.4) is 0 Å². The number of nitrogens with zero attached hydrogens (tertiary/aromatic N) is 3. The SMILES string of the molecule is Cc1cc(-c2ccc3c(c2)OCc2cc(-c4ccccc4)nn2C3)[nH]n1. The number of fused-ring (bicyclic) bond motifs is 2. The maximum atomic E-state index is 6.10. The Balaban J connectivity index is 1.48. The first-order valence-electron chi connectivity index (χ1n) is 8.66. The fourth-order valence-electron chi connectivity index (χ4n) is 3.33. The van der Waals surface area contributed by atoms with Gasteiger partial charge in [-0.25, -0.2) is 0 Å². The summed E-state index contributed by atoms with van der Waals surface area (Å²) in [6.07, 6.45) is 0. The Morgan fingerprint density at radius 3 is 2.69 bits per heavy atom. The second-order valence-corrected chi connectivity index (χ2v) is 6.58. The van der Waals surface area contributed by atoms with Gasteiger partial charge in [-0.3, -0.25) is 9.78 Å².